The first-order valence-corrected chi connectivity index (χ1v) is 10.1. The fourth-order valence-electron chi connectivity index (χ4n) is 2.60. The Balaban J connectivity index is 1.86. The van der Waals surface area contributed by atoms with Gasteiger partial charge in [0.1, 0.15) is 11.6 Å². The smallest absolute Gasteiger partial charge is 0.338 e. The molecule has 0 saturated heterocycles. The van der Waals surface area contributed by atoms with Crippen molar-refractivity contribution < 1.29 is 9.53 Å². The van der Waals surface area contributed by atoms with E-state index in [9.17, 15) is 14.9 Å². The zero-order chi connectivity index (χ0) is 20.8. The van der Waals surface area contributed by atoms with E-state index < -0.39 is 5.56 Å². The number of nitrogens with one attached hydrogen (secondary N) is 1. The van der Waals surface area contributed by atoms with Crippen molar-refractivity contribution in [3.63, 3.8) is 0 Å². The van der Waals surface area contributed by atoms with Crippen molar-refractivity contribution in [1.29, 1.82) is 5.26 Å². The summed E-state index contributed by atoms with van der Waals surface area (Å²) in [6.45, 7) is 2.06. The molecule has 1 aromatic heterocycles. The van der Waals surface area contributed by atoms with Crippen LogP contribution in [0, 0.1) is 11.3 Å². The zero-order valence-corrected chi connectivity index (χ0v) is 17.0. The third-order valence-electron chi connectivity index (χ3n) is 3.94. The summed E-state index contributed by atoms with van der Waals surface area (Å²) in [6, 6.07) is 15.8. The number of benzene rings is 2. The molecule has 29 heavy (non-hydrogen) atoms. The van der Waals surface area contributed by atoms with Gasteiger partial charge in [-0.3, -0.25) is 4.79 Å². The molecule has 0 aliphatic rings. The van der Waals surface area contributed by atoms with Gasteiger partial charge in [0.2, 0.25) is 0 Å². The summed E-state index contributed by atoms with van der Waals surface area (Å²) in [7, 11) is 0. The predicted octanol–water partition coefficient (Wildman–Crippen LogP) is 4.43. The van der Waals surface area contributed by atoms with Crippen molar-refractivity contribution in [3.8, 4) is 17.3 Å². The minimum Gasteiger partial charge on any atom is -0.462 e. The lowest BCUT2D eigenvalue weighted by molar-refractivity contribution is 0.0526. The van der Waals surface area contributed by atoms with Gasteiger partial charge in [-0.1, -0.05) is 47.6 Å². The van der Waals surface area contributed by atoms with Crippen LogP contribution >= 0.6 is 23.4 Å². The monoisotopic (exact) mass is 425 g/mol. The summed E-state index contributed by atoms with van der Waals surface area (Å²) in [4.78, 5) is 31.3. The van der Waals surface area contributed by atoms with Crippen molar-refractivity contribution in [1.82, 2.24) is 9.97 Å². The molecule has 0 atom stereocenters. The first-order valence-electron chi connectivity index (χ1n) is 8.71. The van der Waals surface area contributed by atoms with Crippen molar-refractivity contribution in [2.75, 3.05) is 6.61 Å². The molecule has 8 heteroatoms. The second kappa shape index (κ2) is 9.41. The number of rotatable bonds is 6. The number of ether oxygens (including phenoxy) is 1. The molecule has 0 spiro atoms. The van der Waals surface area contributed by atoms with Gasteiger partial charge in [0.15, 0.2) is 5.16 Å². The van der Waals surface area contributed by atoms with E-state index >= 15 is 0 Å². The Bertz CT molecular complexity index is 1140. The lowest BCUT2D eigenvalue weighted by atomic mass is 10.1. The van der Waals surface area contributed by atoms with Crippen LogP contribution in [0.3, 0.4) is 0 Å². The molecule has 1 heterocycles. The van der Waals surface area contributed by atoms with Crippen LogP contribution in [0.15, 0.2) is 58.5 Å². The molecule has 0 amide bonds. The Hall–Kier alpha value is -3.08. The van der Waals surface area contributed by atoms with Gasteiger partial charge in [0.05, 0.1) is 17.9 Å². The van der Waals surface area contributed by atoms with E-state index in [2.05, 4.69) is 9.97 Å². The van der Waals surface area contributed by atoms with Gasteiger partial charge in [-0.25, -0.2) is 9.78 Å². The average molecular weight is 426 g/mol. The predicted molar refractivity (Wildman–Crippen MR) is 112 cm³/mol. The number of aromatic amines is 1. The van der Waals surface area contributed by atoms with Crippen molar-refractivity contribution in [2.45, 2.75) is 17.8 Å². The maximum Gasteiger partial charge on any atom is 0.338 e. The van der Waals surface area contributed by atoms with E-state index in [4.69, 9.17) is 16.3 Å². The lowest BCUT2D eigenvalue weighted by Gasteiger charge is -2.08. The van der Waals surface area contributed by atoms with Crippen LogP contribution in [0.2, 0.25) is 5.02 Å². The number of carbonyl (C=O) groups is 1. The number of hydrogen-bond acceptors (Lipinski definition) is 6. The van der Waals surface area contributed by atoms with E-state index in [0.717, 1.165) is 5.56 Å². The van der Waals surface area contributed by atoms with Gasteiger partial charge >= 0.3 is 5.97 Å². The lowest BCUT2D eigenvalue weighted by Crippen LogP contribution is -2.14. The standard InChI is InChI=1S/C21H16ClN3O3S/c1-2-28-20(27)15-5-3-4-13(10-15)12-29-21-24-18(17(11-23)19(26)25-21)14-6-8-16(22)9-7-14/h3-10H,2,12H2,1H3,(H,24,25,26). The molecule has 0 aliphatic carbocycles. The molecule has 0 unspecified atom stereocenters. The highest BCUT2D eigenvalue weighted by molar-refractivity contribution is 7.98. The number of carbonyl (C=O) groups excluding carboxylic acids is 1. The summed E-state index contributed by atoms with van der Waals surface area (Å²) < 4.78 is 5.01. The first-order chi connectivity index (χ1) is 14.0. The third kappa shape index (κ3) is 5.05. The van der Waals surface area contributed by atoms with Gasteiger partial charge in [-0.15, -0.1) is 0 Å². The van der Waals surface area contributed by atoms with Crippen LogP contribution in [0.4, 0.5) is 0 Å². The van der Waals surface area contributed by atoms with Gasteiger partial charge in [-0.2, -0.15) is 5.26 Å². The molecular formula is C21H16ClN3O3S. The molecule has 6 nitrogen and oxygen atoms in total. The molecule has 2 aromatic carbocycles. The molecule has 1 N–H and O–H groups in total. The molecule has 0 aliphatic heterocycles. The molecule has 146 valence electrons. The molecule has 0 saturated carbocycles. The van der Waals surface area contributed by atoms with Crippen LogP contribution < -0.4 is 5.56 Å². The van der Waals surface area contributed by atoms with E-state index in [-0.39, 0.29) is 11.5 Å². The maximum absolute atomic E-state index is 12.3. The minimum absolute atomic E-state index is 0.0546. The van der Waals surface area contributed by atoms with Gasteiger partial charge in [0, 0.05) is 16.3 Å². The average Bonchev–Trinajstić information content (AvgIpc) is 2.73. The first kappa shape index (κ1) is 20.6. The van der Waals surface area contributed by atoms with Crippen LogP contribution in [0.1, 0.15) is 28.4 Å². The Kier molecular flexibility index (Phi) is 6.70. The third-order valence-corrected chi connectivity index (χ3v) is 5.14. The van der Waals surface area contributed by atoms with Crippen molar-refractivity contribution >= 4 is 29.3 Å². The Labute approximate surface area is 176 Å². The molecule has 0 radical (unpaired) electrons. The number of H-pyrrole nitrogens is 1. The molecule has 3 aromatic rings. The summed E-state index contributed by atoms with van der Waals surface area (Å²) in [5.74, 6) is 0.0941. The second-order valence-corrected chi connectivity index (χ2v) is 7.32. The van der Waals surface area contributed by atoms with E-state index in [1.807, 2.05) is 12.1 Å². The van der Waals surface area contributed by atoms with Crippen LogP contribution in [-0.2, 0) is 10.5 Å². The van der Waals surface area contributed by atoms with Crippen molar-refractivity contribution in [3.05, 3.63) is 80.6 Å². The normalized spacial score (nSPS) is 10.4. The van der Waals surface area contributed by atoms with Crippen LogP contribution in [0.25, 0.3) is 11.3 Å². The largest absolute Gasteiger partial charge is 0.462 e. The highest BCUT2D eigenvalue weighted by atomic mass is 35.5. The Morgan fingerprint density at radius 3 is 2.72 bits per heavy atom. The molecule has 3 rings (SSSR count). The summed E-state index contributed by atoms with van der Waals surface area (Å²) in [5, 5.41) is 10.3. The van der Waals surface area contributed by atoms with E-state index in [0.29, 0.717) is 39.4 Å². The summed E-state index contributed by atoms with van der Waals surface area (Å²) in [6.07, 6.45) is 0. The number of halogens is 1. The number of nitrogens with zero attached hydrogens (tertiary/aromatic N) is 2. The quantitative estimate of drug-likeness (QED) is 0.356. The number of thioether (sulfide) groups is 1. The van der Waals surface area contributed by atoms with Crippen LogP contribution in [0.5, 0.6) is 0 Å². The van der Waals surface area contributed by atoms with Crippen molar-refractivity contribution in [2.24, 2.45) is 0 Å². The molecule has 0 fully saturated rings. The Morgan fingerprint density at radius 2 is 2.03 bits per heavy atom. The number of esters is 1. The molecular weight excluding hydrogens is 410 g/mol. The second-order valence-electron chi connectivity index (χ2n) is 5.92. The van der Waals surface area contributed by atoms with Crippen LogP contribution in [-0.4, -0.2) is 22.5 Å². The number of nitriles is 1. The van der Waals surface area contributed by atoms with Gasteiger partial charge in [0.25, 0.3) is 5.56 Å². The van der Waals surface area contributed by atoms with Gasteiger partial charge < -0.3 is 9.72 Å². The van der Waals surface area contributed by atoms with E-state index in [1.165, 1.54) is 11.8 Å². The fourth-order valence-corrected chi connectivity index (χ4v) is 3.53. The molecule has 0 bridgehead atoms. The summed E-state index contributed by atoms with van der Waals surface area (Å²) >= 11 is 7.22. The number of hydrogen-bond donors (Lipinski definition) is 1. The Morgan fingerprint density at radius 1 is 1.28 bits per heavy atom. The highest BCUT2D eigenvalue weighted by Gasteiger charge is 2.14. The van der Waals surface area contributed by atoms with E-state index in [1.54, 1.807) is 49.4 Å². The fraction of sp³-hybridized carbons (Fsp3) is 0.143. The minimum atomic E-state index is -0.504. The van der Waals surface area contributed by atoms with Gasteiger partial charge in [-0.05, 0) is 36.8 Å². The highest BCUT2D eigenvalue weighted by Crippen LogP contribution is 2.25. The SMILES string of the molecule is CCOC(=O)c1cccc(CSc2nc(-c3ccc(Cl)cc3)c(C#N)c(=O)[nH]2)c1. The topological polar surface area (TPSA) is 95.8 Å². The summed E-state index contributed by atoms with van der Waals surface area (Å²) in [5.41, 5.74) is 1.71. The number of aromatic nitrogens is 2. The zero-order valence-electron chi connectivity index (χ0n) is 15.4. The maximum atomic E-state index is 12.3.